The molecule has 3 aromatic rings. The number of unbranched alkanes of at least 4 members (excludes halogenated alkanes) is 3. The van der Waals surface area contributed by atoms with Crippen LogP contribution in [0, 0.1) is 23.6 Å². The number of aromatic nitrogens is 2. The molecule has 1 unspecified atom stereocenters. The van der Waals surface area contributed by atoms with Gasteiger partial charge < -0.3 is 20.2 Å². The molecule has 1 saturated carbocycles. The summed E-state index contributed by atoms with van der Waals surface area (Å²) < 4.78 is 39.0. The maximum absolute atomic E-state index is 14.8. The van der Waals surface area contributed by atoms with Gasteiger partial charge in [-0.2, -0.15) is 9.97 Å². The fourth-order valence-corrected chi connectivity index (χ4v) is 6.30. The number of rotatable bonds is 12. The van der Waals surface area contributed by atoms with Gasteiger partial charge in [0.25, 0.3) is 0 Å². The first kappa shape index (κ1) is 26.8. The molecule has 226 valence electrons. The van der Waals surface area contributed by atoms with Crippen LogP contribution in [-0.4, -0.2) is 46.2 Å². The molecule has 2 aliphatic heterocycles. The third kappa shape index (κ3) is 6.28. The topological polar surface area (TPSA) is 73.8 Å². The molecule has 7 nitrogen and oxygen atoms in total. The fourth-order valence-electron chi connectivity index (χ4n) is 6.30. The standard InChI is InChI=1S/C35H42FN5O2/c1-4-6-7-8-11-24(3)33-28-20-37-41(31-19-26(42)18-25-12-13-29(36)27(5-2)32(25)31)21-30(28)38-34(39-33)43-23-35(14-15-35)22-40-16-9-10-17-40/h2,12-13,18-21,24,37,42H,4,6-11,14-17,22-23H2,1,3H3/i23D2. The van der Waals surface area contributed by atoms with Gasteiger partial charge in [0, 0.05) is 34.8 Å². The Balaban J connectivity index is 1.41. The number of fused-ring (bicyclic) bond motifs is 2. The lowest BCUT2D eigenvalue weighted by Crippen LogP contribution is -2.46. The zero-order chi connectivity index (χ0) is 31.8. The quantitative estimate of drug-likeness (QED) is 0.221. The maximum atomic E-state index is 14.8. The summed E-state index contributed by atoms with van der Waals surface area (Å²) in [5.41, 5.74) is 3.99. The highest BCUT2D eigenvalue weighted by atomic mass is 19.1. The lowest BCUT2D eigenvalue weighted by Gasteiger charge is -2.26. The molecule has 2 aromatic carbocycles. The van der Waals surface area contributed by atoms with Gasteiger partial charge in [0.2, 0.25) is 0 Å². The van der Waals surface area contributed by atoms with Crippen molar-refractivity contribution in [3.05, 3.63) is 51.9 Å². The Hall–Kier alpha value is -3.83. The van der Waals surface area contributed by atoms with Crippen molar-refractivity contribution >= 4 is 28.9 Å². The van der Waals surface area contributed by atoms with Gasteiger partial charge in [-0.05, 0) is 68.6 Å². The average molecular weight is 586 g/mol. The Bertz CT molecular complexity index is 1750. The van der Waals surface area contributed by atoms with E-state index in [0.29, 0.717) is 28.4 Å². The number of terminal acetylenes is 1. The van der Waals surface area contributed by atoms with E-state index in [0.717, 1.165) is 75.4 Å². The molecule has 8 heteroatoms. The molecule has 1 aliphatic carbocycles. The zero-order valence-electron chi connectivity index (χ0n) is 27.1. The zero-order valence-corrected chi connectivity index (χ0v) is 25.1. The number of phenols is 1. The molecule has 0 spiro atoms. The van der Waals surface area contributed by atoms with Crippen LogP contribution in [0.25, 0.3) is 23.2 Å². The van der Waals surface area contributed by atoms with Crippen molar-refractivity contribution in [1.29, 1.82) is 0 Å². The van der Waals surface area contributed by atoms with Crippen LogP contribution in [0.15, 0.2) is 24.3 Å². The minimum absolute atomic E-state index is 0.00195. The Morgan fingerprint density at radius 1 is 1.21 bits per heavy atom. The molecule has 43 heavy (non-hydrogen) atoms. The summed E-state index contributed by atoms with van der Waals surface area (Å²) >= 11 is 0. The highest BCUT2D eigenvalue weighted by molar-refractivity contribution is 6.01. The van der Waals surface area contributed by atoms with Crippen molar-refractivity contribution in [3.63, 3.8) is 0 Å². The third-order valence-corrected chi connectivity index (χ3v) is 8.91. The highest BCUT2D eigenvalue weighted by Gasteiger charge is 2.45. The number of aromatic hydroxyl groups is 1. The monoisotopic (exact) mass is 585 g/mol. The summed E-state index contributed by atoms with van der Waals surface area (Å²) in [5.74, 6) is 2.02. The first-order chi connectivity index (χ1) is 21.6. The van der Waals surface area contributed by atoms with Crippen LogP contribution < -0.4 is 25.7 Å². The van der Waals surface area contributed by atoms with Gasteiger partial charge in [-0.1, -0.05) is 51.5 Å². The molecule has 2 fully saturated rings. The van der Waals surface area contributed by atoms with Gasteiger partial charge in [0.1, 0.15) is 11.6 Å². The number of nitrogens with zero attached hydrogens (tertiary/aromatic N) is 4. The van der Waals surface area contributed by atoms with Crippen LogP contribution >= 0.6 is 0 Å². The van der Waals surface area contributed by atoms with Crippen LogP contribution in [0.3, 0.4) is 0 Å². The van der Waals surface area contributed by atoms with Crippen LogP contribution in [0.1, 0.15) is 91.6 Å². The van der Waals surface area contributed by atoms with Crippen LogP contribution in [-0.2, 0) is 0 Å². The summed E-state index contributed by atoms with van der Waals surface area (Å²) in [6.45, 7) is 5.04. The van der Waals surface area contributed by atoms with Gasteiger partial charge in [-0.3, -0.25) is 5.01 Å². The molecule has 3 heterocycles. The number of anilines is 1. The van der Waals surface area contributed by atoms with E-state index in [9.17, 15) is 9.50 Å². The maximum Gasteiger partial charge on any atom is 0.317 e. The minimum atomic E-state index is -1.94. The smallest absolute Gasteiger partial charge is 0.317 e. The van der Waals surface area contributed by atoms with Crippen LogP contribution in [0.5, 0.6) is 11.8 Å². The van der Waals surface area contributed by atoms with Crippen molar-refractivity contribution in [2.75, 3.05) is 31.2 Å². The molecule has 1 atom stereocenters. The second kappa shape index (κ2) is 12.4. The molecular formula is C35H42FN5O2. The van der Waals surface area contributed by atoms with E-state index in [2.05, 4.69) is 30.1 Å². The second-order valence-electron chi connectivity index (χ2n) is 12.3. The number of halogens is 1. The summed E-state index contributed by atoms with van der Waals surface area (Å²) in [6, 6.07) is 5.95. The number of hydrazine groups is 1. The van der Waals surface area contributed by atoms with Crippen molar-refractivity contribution in [2.45, 2.75) is 77.6 Å². The molecule has 6 rings (SSSR count). The predicted octanol–water partition coefficient (Wildman–Crippen LogP) is 5.29. The van der Waals surface area contributed by atoms with Gasteiger partial charge in [0.05, 0.1) is 37.8 Å². The first-order valence-electron chi connectivity index (χ1n) is 16.6. The second-order valence-corrected chi connectivity index (χ2v) is 12.3. The van der Waals surface area contributed by atoms with Crippen molar-refractivity contribution in [2.24, 2.45) is 5.41 Å². The van der Waals surface area contributed by atoms with Crippen molar-refractivity contribution in [3.8, 4) is 24.1 Å². The lowest BCUT2D eigenvalue weighted by molar-refractivity contribution is 0.169. The van der Waals surface area contributed by atoms with Gasteiger partial charge in [-0.15, -0.1) is 6.42 Å². The highest BCUT2D eigenvalue weighted by Crippen LogP contribution is 2.46. The van der Waals surface area contributed by atoms with Gasteiger partial charge in [0.15, 0.2) is 0 Å². The number of nitrogens with one attached hydrogen (secondary N) is 1. The van der Waals surface area contributed by atoms with E-state index in [1.165, 1.54) is 18.6 Å². The SMILES string of the molecule is [2H]C([2H])(Oc1nc(C(C)CCCCCC)c2c(n1)=CN(c1cc(O)cc3ccc(F)c(C#C)c13)NC=2)C1(CN2CCCC2)CC1. The molecule has 3 aliphatic rings. The summed E-state index contributed by atoms with van der Waals surface area (Å²) in [7, 11) is 0. The minimum Gasteiger partial charge on any atom is -0.508 e. The Morgan fingerprint density at radius 3 is 2.77 bits per heavy atom. The molecule has 0 bridgehead atoms. The average Bonchev–Trinajstić information content (AvgIpc) is 3.64. The van der Waals surface area contributed by atoms with E-state index in [1.807, 2.05) is 0 Å². The molecule has 0 radical (unpaired) electrons. The van der Waals surface area contributed by atoms with Gasteiger partial charge >= 0.3 is 6.01 Å². The Labute approximate surface area is 256 Å². The van der Waals surface area contributed by atoms with Crippen molar-refractivity contribution < 1.29 is 17.0 Å². The van der Waals surface area contributed by atoms with E-state index in [4.69, 9.17) is 23.9 Å². The van der Waals surface area contributed by atoms with Crippen LogP contribution in [0.4, 0.5) is 10.1 Å². The van der Waals surface area contributed by atoms with Crippen molar-refractivity contribution in [1.82, 2.24) is 20.3 Å². The number of hydrogen-bond donors (Lipinski definition) is 2. The number of ether oxygens (including phenoxy) is 1. The predicted molar refractivity (Wildman–Crippen MR) is 169 cm³/mol. The normalized spacial score (nSPS) is 18.9. The summed E-state index contributed by atoms with van der Waals surface area (Å²) in [6.07, 6.45) is 18.5. The number of likely N-dealkylation sites (tertiary alicyclic amines) is 1. The number of phenolic OH excluding ortho intramolecular Hbond substituents is 1. The van der Waals surface area contributed by atoms with Crippen LogP contribution in [0.2, 0.25) is 0 Å². The molecule has 1 saturated heterocycles. The van der Waals surface area contributed by atoms with Gasteiger partial charge in [-0.25, -0.2) is 4.39 Å². The molecular weight excluding hydrogens is 541 g/mol. The molecule has 1 aromatic heterocycles. The third-order valence-electron chi connectivity index (χ3n) is 8.91. The van der Waals surface area contributed by atoms with E-state index in [-0.39, 0.29) is 23.2 Å². The van der Waals surface area contributed by atoms with E-state index in [1.54, 1.807) is 29.5 Å². The Morgan fingerprint density at radius 2 is 2.02 bits per heavy atom. The number of hydrogen-bond acceptors (Lipinski definition) is 7. The number of benzene rings is 2. The lowest BCUT2D eigenvalue weighted by atomic mass is 9.97. The van der Waals surface area contributed by atoms with E-state index < -0.39 is 17.8 Å². The first-order valence-corrected chi connectivity index (χ1v) is 15.6. The van der Waals surface area contributed by atoms with E-state index >= 15 is 0 Å². The fraction of sp³-hybridized carbons (Fsp3) is 0.486. The largest absolute Gasteiger partial charge is 0.508 e. The molecule has 0 amide bonds. The Kier molecular flexibility index (Phi) is 7.73. The summed E-state index contributed by atoms with van der Waals surface area (Å²) in [5, 5.41) is 14.6. The summed E-state index contributed by atoms with van der Waals surface area (Å²) in [4.78, 5) is 11.9. The molecule has 2 N–H and O–H groups in total.